The number of carbonyl (C=O) groups is 1. The Labute approximate surface area is 150 Å². The minimum Gasteiger partial charge on any atom is -0.459 e. The monoisotopic (exact) mass is 363 g/mol. The van der Waals surface area contributed by atoms with E-state index in [2.05, 4.69) is 0 Å². The lowest BCUT2D eigenvalue weighted by Gasteiger charge is -2.09. The molecule has 0 radical (unpaired) electrons. The van der Waals surface area contributed by atoms with Gasteiger partial charge < -0.3 is 9.15 Å². The molecule has 24 heavy (non-hydrogen) atoms. The molecule has 0 unspecified atom stereocenters. The lowest BCUT2D eigenvalue weighted by atomic mass is 10.2. The van der Waals surface area contributed by atoms with Gasteiger partial charge in [-0.2, -0.15) is 5.26 Å². The number of hydrogen-bond donors (Lipinski definition) is 0. The van der Waals surface area contributed by atoms with Gasteiger partial charge in [0.15, 0.2) is 0 Å². The predicted molar refractivity (Wildman–Crippen MR) is 93.6 cm³/mol. The Morgan fingerprint density at radius 3 is 2.79 bits per heavy atom. The summed E-state index contributed by atoms with van der Waals surface area (Å²) >= 11 is 12.2. The third-order valence-corrected chi connectivity index (χ3v) is 4.17. The Morgan fingerprint density at radius 1 is 1.38 bits per heavy atom. The molecule has 0 N–H and O–H groups in total. The molecule has 124 valence electrons. The zero-order valence-corrected chi connectivity index (χ0v) is 14.7. The molecule has 0 bridgehead atoms. The molecule has 0 saturated heterocycles. The van der Waals surface area contributed by atoms with Crippen LogP contribution in [0.1, 0.15) is 26.0 Å². The number of rotatable bonds is 5. The molecule has 2 aromatic rings. The second kappa shape index (κ2) is 8.05. The van der Waals surface area contributed by atoms with Gasteiger partial charge >= 0.3 is 5.97 Å². The standard InChI is InChI=1S/C18H15Cl2NO3/c1-3-11(2)23-18(22)12(10-21)9-13-7-8-16(24-13)14-5-4-6-15(19)17(14)20/h4-9,11H,3H2,1-2H3/b12-9+/t11-/m1/s1. The maximum atomic E-state index is 11.9. The third-order valence-electron chi connectivity index (χ3n) is 3.35. The van der Waals surface area contributed by atoms with Gasteiger partial charge in [0.05, 0.1) is 16.1 Å². The summed E-state index contributed by atoms with van der Waals surface area (Å²) in [6, 6.07) is 10.4. The van der Waals surface area contributed by atoms with Crippen LogP contribution in [0.3, 0.4) is 0 Å². The number of nitriles is 1. The van der Waals surface area contributed by atoms with Crippen LogP contribution in [0, 0.1) is 11.3 Å². The SMILES string of the molecule is CC[C@@H](C)OC(=O)/C(C#N)=C/c1ccc(-c2cccc(Cl)c2Cl)o1. The first kappa shape index (κ1) is 18.1. The second-order valence-electron chi connectivity index (χ2n) is 5.10. The van der Waals surface area contributed by atoms with Crippen LogP contribution in [0.25, 0.3) is 17.4 Å². The largest absolute Gasteiger partial charge is 0.459 e. The van der Waals surface area contributed by atoms with Crippen molar-refractivity contribution in [3.63, 3.8) is 0 Å². The Hall–Kier alpha value is -2.22. The van der Waals surface area contributed by atoms with Gasteiger partial charge in [0.25, 0.3) is 0 Å². The Balaban J connectivity index is 2.28. The average molecular weight is 364 g/mol. The van der Waals surface area contributed by atoms with Crippen molar-refractivity contribution in [2.75, 3.05) is 0 Å². The molecule has 6 heteroatoms. The van der Waals surface area contributed by atoms with Gasteiger partial charge in [-0.15, -0.1) is 0 Å². The highest BCUT2D eigenvalue weighted by Crippen LogP contribution is 2.34. The van der Waals surface area contributed by atoms with Crippen molar-refractivity contribution in [2.45, 2.75) is 26.4 Å². The molecule has 2 rings (SSSR count). The minimum absolute atomic E-state index is 0.131. The van der Waals surface area contributed by atoms with Gasteiger partial charge in [0.1, 0.15) is 23.2 Å². The van der Waals surface area contributed by atoms with Crippen LogP contribution in [0.15, 0.2) is 40.3 Å². The molecule has 1 heterocycles. The smallest absolute Gasteiger partial charge is 0.349 e. The van der Waals surface area contributed by atoms with Gasteiger partial charge in [-0.25, -0.2) is 4.79 Å². The van der Waals surface area contributed by atoms with Crippen LogP contribution in [0.2, 0.25) is 10.0 Å². The zero-order valence-electron chi connectivity index (χ0n) is 13.2. The maximum absolute atomic E-state index is 11.9. The molecular formula is C18H15Cl2NO3. The Bertz CT molecular complexity index is 818. The maximum Gasteiger partial charge on any atom is 0.349 e. The summed E-state index contributed by atoms with van der Waals surface area (Å²) in [7, 11) is 0. The number of ether oxygens (including phenoxy) is 1. The van der Waals surface area contributed by atoms with Crippen molar-refractivity contribution in [3.8, 4) is 17.4 Å². The van der Waals surface area contributed by atoms with E-state index in [-0.39, 0.29) is 11.7 Å². The van der Waals surface area contributed by atoms with Gasteiger partial charge in [0, 0.05) is 11.6 Å². The van der Waals surface area contributed by atoms with Crippen molar-refractivity contribution in [3.05, 3.63) is 51.7 Å². The number of furan rings is 1. The van der Waals surface area contributed by atoms with Gasteiger partial charge in [0.2, 0.25) is 0 Å². The first-order valence-electron chi connectivity index (χ1n) is 7.33. The molecular weight excluding hydrogens is 349 g/mol. The van der Waals surface area contributed by atoms with Crippen LogP contribution in [0.4, 0.5) is 0 Å². The highest BCUT2D eigenvalue weighted by Gasteiger charge is 2.15. The molecule has 1 aromatic heterocycles. The van der Waals surface area contributed by atoms with Crippen LogP contribution in [0.5, 0.6) is 0 Å². The van der Waals surface area contributed by atoms with Gasteiger partial charge in [-0.3, -0.25) is 0 Å². The lowest BCUT2D eigenvalue weighted by Crippen LogP contribution is -2.15. The first-order chi connectivity index (χ1) is 11.5. The van der Waals surface area contributed by atoms with E-state index in [1.165, 1.54) is 6.08 Å². The molecule has 0 saturated carbocycles. The molecule has 0 fully saturated rings. The van der Waals surface area contributed by atoms with Crippen LogP contribution < -0.4 is 0 Å². The molecule has 0 aliphatic carbocycles. The van der Waals surface area contributed by atoms with Crippen molar-refractivity contribution >= 4 is 35.2 Å². The van der Waals surface area contributed by atoms with E-state index >= 15 is 0 Å². The van der Waals surface area contributed by atoms with E-state index < -0.39 is 5.97 Å². The number of hydrogen-bond acceptors (Lipinski definition) is 4. The summed E-state index contributed by atoms with van der Waals surface area (Å²) in [5.41, 5.74) is 0.498. The normalized spacial score (nSPS) is 12.5. The van der Waals surface area contributed by atoms with Crippen molar-refractivity contribution < 1.29 is 13.9 Å². The molecule has 0 aliphatic rings. The second-order valence-corrected chi connectivity index (χ2v) is 5.88. The van der Waals surface area contributed by atoms with E-state index in [0.717, 1.165) is 0 Å². The van der Waals surface area contributed by atoms with Gasteiger partial charge in [-0.1, -0.05) is 36.2 Å². The number of halogens is 2. The lowest BCUT2D eigenvalue weighted by molar-refractivity contribution is -0.142. The number of benzene rings is 1. The van der Waals surface area contributed by atoms with E-state index in [1.54, 1.807) is 37.3 Å². The number of esters is 1. The molecule has 0 spiro atoms. The Morgan fingerprint density at radius 2 is 2.12 bits per heavy atom. The predicted octanol–water partition coefficient (Wildman–Crippen LogP) is 5.50. The van der Waals surface area contributed by atoms with E-state index in [9.17, 15) is 4.79 Å². The van der Waals surface area contributed by atoms with Crippen molar-refractivity contribution in [1.82, 2.24) is 0 Å². The number of nitrogens with zero attached hydrogens (tertiary/aromatic N) is 1. The summed E-state index contributed by atoms with van der Waals surface area (Å²) in [4.78, 5) is 11.9. The van der Waals surface area contributed by atoms with E-state index in [1.807, 2.05) is 13.0 Å². The summed E-state index contributed by atoms with van der Waals surface area (Å²) in [6.45, 7) is 3.65. The summed E-state index contributed by atoms with van der Waals surface area (Å²) < 4.78 is 10.8. The highest BCUT2D eigenvalue weighted by molar-refractivity contribution is 6.43. The van der Waals surface area contributed by atoms with Crippen molar-refractivity contribution in [1.29, 1.82) is 5.26 Å². The quantitative estimate of drug-likeness (QED) is 0.399. The van der Waals surface area contributed by atoms with Crippen LogP contribution in [-0.2, 0) is 9.53 Å². The topological polar surface area (TPSA) is 63.2 Å². The summed E-state index contributed by atoms with van der Waals surface area (Å²) in [6.07, 6.45) is 1.75. The summed E-state index contributed by atoms with van der Waals surface area (Å²) in [5, 5.41) is 9.94. The Kier molecular flexibility index (Phi) is 6.08. The van der Waals surface area contributed by atoms with E-state index in [0.29, 0.717) is 33.6 Å². The van der Waals surface area contributed by atoms with Crippen LogP contribution >= 0.6 is 23.2 Å². The van der Waals surface area contributed by atoms with Crippen molar-refractivity contribution in [2.24, 2.45) is 0 Å². The fraction of sp³-hybridized carbons (Fsp3) is 0.222. The minimum atomic E-state index is -0.675. The highest BCUT2D eigenvalue weighted by atomic mass is 35.5. The number of carbonyl (C=O) groups excluding carboxylic acids is 1. The average Bonchev–Trinajstić information content (AvgIpc) is 3.03. The summed E-state index contributed by atoms with van der Waals surface area (Å²) in [5.74, 6) is 0.158. The fourth-order valence-electron chi connectivity index (χ4n) is 1.88. The molecule has 1 atom stereocenters. The zero-order chi connectivity index (χ0) is 17.7. The first-order valence-corrected chi connectivity index (χ1v) is 8.08. The molecule has 0 amide bonds. The van der Waals surface area contributed by atoms with Crippen LogP contribution in [-0.4, -0.2) is 12.1 Å². The third kappa shape index (κ3) is 4.19. The molecule has 4 nitrogen and oxygen atoms in total. The fourth-order valence-corrected chi connectivity index (χ4v) is 2.27. The van der Waals surface area contributed by atoms with Gasteiger partial charge in [-0.05, 0) is 37.6 Å². The van der Waals surface area contributed by atoms with E-state index in [4.69, 9.17) is 37.6 Å². The molecule has 1 aromatic carbocycles. The molecule has 0 aliphatic heterocycles.